The summed E-state index contributed by atoms with van der Waals surface area (Å²) in [5.41, 5.74) is -1.09. The van der Waals surface area contributed by atoms with Crippen molar-refractivity contribution in [2.45, 2.75) is 54.9 Å². The van der Waals surface area contributed by atoms with Gasteiger partial charge in [0.2, 0.25) is 0 Å². The van der Waals surface area contributed by atoms with Gasteiger partial charge in [-0.05, 0) is 18.8 Å². The van der Waals surface area contributed by atoms with E-state index in [0.29, 0.717) is 12.3 Å². The van der Waals surface area contributed by atoms with Gasteiger partial charge in [0.25, 0.3) is 0 Å². The summed E-state index contributed by atoms with van der Waals surface area (Å²) < 4.78 is 16.5. The first-order chi connectivity index (χ1) is 10.4. The van der Waals surface area contributed by atoms with E-state index >= 15 is 0 Å². The van der Waals surface area contributed by atoms with Crippen molar-refractivity contribution in [1.82, 2.24) is 0 Å². The van der Waals surface area contributed by atoms with Crippen LogP contribution in [0, 0.1) is 11.3 Å². The molecule has 0 aromatic heterocycles. The first-order valence-corrected chi connectivity index (χ1v) is 7.63. The Morgan fingerprint density at radius 1 is 1.23 bits per heavy atom. The van der Waals surface area contributed by atoms with Crippen molar-refractivity contribution in [3.05, 3.63) is 0 Å². The molecule has 2 saturated heterocycles. The fraction of sp³-hybridized carbons (Fsp3) is 1.00. The number of fused-ring (bicyclic) bond motifs is 1. The van der Waals surface area contributed by atoms with Crippen LogP contribution in [0.1, 0.15) is 12.8 Å². The van der Waals surface area contributed by atoms with Crippen molar-refractivity contribution in [3.8, 4) is 0 Å². The third-order valence-corrected chi connectivity index (χ3v) is 5.83. The average Bonchev–Trinajstić information content (AvgIpc) is 3.05. The van der Waals surface area contributed by atoms with Gasteiger partial charge in [-0.15, -0.1) is 0 Å². The van der Waals surface area contributed by atoms with Crippen LogP contribution in [0.3, 0.4) is 0 Å². The smallest absolute Gasteiger partial charge is 0.327 e. The lowest BCUT2D eigenvalue weighted by Gasteiger charge is -2.31. The molecule has 4 N–H and O–H groups in total. The number of hydrogen-bond donors (Lipinski definition) is 4. The minimum Gasteiger partial charge on any atom is -0.434 e. The van der Waals surface area contributed by atoms with Crippen LogP contribution >= 0.6 is 0 Å². The molecule has 2 bridgehead atoms. The van der Waals surface area contributed by atoms with Crippen LogP contribution in [0.4, 0.5) is 0 Å². The maximum Gasteiger partial charge on any atom is 0.327 e. The molecule has 4 rings (SSSR count). The lowest BCUT2D eigenvalue weighted by atomic mass is 9.81. The van der Waals surface area contributed by atoms with Gasteiger partial charge in [0.05, 0.1) is 25.3 Å². The summed E-state index contributed by atoms with van der Waals surface area (Å²) in [4.78, 5) is 0. The Labute approximate surface area is 130 Å². The Morgan fingerprint density at radius 3 is 2.59 bits per heavy atom. The minimum absolute atomic E-state index is 0.118. The van der Waals surface area contributed by atoms with Crippen LogP contribution in [-0.4, -0.2) is 91.0 Å². The second-order valence-electron chi connectivity index (χ2n) is 6.97. The Hall–Kier alpha value is -0.150. The molecular weight excluding hydrogens is 290 g/mol. The third kappa shape index (κ3) is 1.84. The van der Waals surface area contributed by atoms with Crippen molar-refractivity contribution in [1.29, 1.82) is 0 Å². The van der Waals surface area contributed by atoms with Crippen molar-refractivity contribution in [3.63, 3.8) is 0 Å². The predicted octanol–water partition coefficient (Wildman–Crippen LogP) is -2.90. The zero-order valence-electron chi connectivity index (χ0n) is 12.0. The van der Waals surface area contributed by atoms with Gasteiger partial charge < -0.3 is 34.6 Å². The molecule has 119 valence electrons. The Morgan fingerprint density at radius 2 is 2.00 bits per heavy atom. The molecule has 2 aliphatic heterocycles. The molecule has 7 nitrogen and oxygen atoms in total. The average molecular weight is 309 g/mol. The number of rotatable bonds is 5. The standard InChI is InChI=1S/C13H19B2O7/c14-11-13-2-5(13)1-12(22-11,10(13)19)4-20-15-9-8(18)7(17)6(3-16)21-9/h5-11,16-19H,1-4H2/t5?,6-,7+,8-,9-,10-,11-,12-,13-/m1/s1. The van der Waals surface area contributed by atoms with E-state index < -0.39 is 42.0 Å². The first-order valence-electron chi connectivity index (χ1n) is 7.63. The summed E-state index contributed by atoms with van der Waals surface area (Å²) in [6, 6.07) is -1.29. The van der Waals surface area contributed by atoms with Crippen LogP contribution < -0.4 is 0 Å². The van der Waals surface area contributed by atoms with Crippen LogP contribution in [0.2, 0.25) is 0 Å². The van der Waals surface area contributed by atoms with Gasteiger partial charge in [0.1, 0.15) is 31.8 Å². The van der Waals surface area contributed by atoms with E-state index in [0.717, 1.165) is 6.42 Å². The largest absolute Gasteiger partial charge is 0.434 e. The van der Waals surface area contributed by atoms with Crippen LogP contribution in [-0.2, 0) is 14.1 Å². The molecule has 4 aliphatic rings. The molecule has 22 heavy (non-hydrogen) atoms. The Bertz CT molecular complexity index is 468. The summed E-state index contributed by atoms with van der Waals surface area (Å²) >= 11 is 0. The van der Waals surface area contributed by atoms with E-state index in [-0.39, 0.29) is 18.6 Å². The highest BCUT2D eigenvalue weighted by Crippen LogP contribution is 2.73. The second-order valence-corrected chi connectivity index (χ2v) is 6.97. The molecule has 0 amide bonds. The highest BCUT2D eigenvalue weighted by atomic mass is 16.6. The van der Waals surface area contributed by atoms with Gasteiger partial charge in [-0.1, -0.05) is 0 Å². The molecule has 2 aliphatic carbocycles. The number of aliphatic hydroxyl groups excluding tert-OH is 4. The molecule has 9 atom stereocenters. The molecule has 3 radical (unpaired) electrons. The normalized spacial score (nSPS) is 58.8. The van der Waals surface area contributed by atoms with E-state index in [1.54, 1.807) is 0 Å². The molecule has 0 aromatic carbocycles. The summed E-state index contributed by atoms with van der Waals surface area (Å²) in [5.74, 6) is 0.392. The monoisotopic (exact) mass is 309 g/mol. The van der Waals surface area contributed by atoms with Gasteiger partial charge in [0, 0.05) is 11.4 Å². The number of aliphatic hydroxyl groups is 4. The van der Waals surface area contributed by atoms with Crippen LogP contribution in [0.5, 0.6) is 0 Å². The molecular formula is C13H19B2O7. The minimum atomic E-state index is -1.16. The van der Waals surface area contributed by atoms with Crippen molar-refractivity contribution in [2.75, 3.05) is 13.2 Å². The van der Waals surface area contributed by atoms with Gasteiger partial charge in [-0.3, -0.25) is 0 Å². The lowest BCUT2D eigenvalue weighted by molar-refractivity contribution is -0.0974. The van der Waals surface area contributed by atoms with E-state index in [4.69, 9.17) is 27.1 Å². The number of hydrogen-bond acceptors (Lipinski definition) is 7. The second kappa shape index (κ2) is 4.92. The highest BCUT2D eigenvalue weighted by molar-refractivity contribution is 6.29. The van der Waals surface area contributed by atoms with E-state index in [1.165, 1.54) is 7.48 Å². The fourth-order valence-electron chi connectivity index (χ4n) is 4.46. The van der Waals surface area contributed by atoms with E-state index in [9.17, 15) is 15.3 Å². The fourth-order valence-corrected chi connectivity index (χ4v) is 4.46. The van der Waals surface area contributed by atoms with Gasteiger partial charge in [-0.2, -0.15) is 0 Å². The van der Waals surface area contributed by atoms with Crippen molar-refractivity contribution < 1.29 is 34.6 Å². The summed E-state index contributed by atoms with van der Waals surface area (Å²) in [5, 5.41) is 39.0. The van der Waals surface area contributed by atoms with Gasteiger partial charge >= 0.3 is 7.48 Å². The third-order valence-electron chi connectivity index (χ3n) is 5.83. The lowest BCUT2D eigenvalue weighted by Crippen LogP contribution is -2.45. The molecule has 1 unspecified atom stereocenters. The van der Waals surface area contributed by atoms with E-state index in [2.05, 4.69) is 0 Å². The molecule has 4 fully saturated rings. The highest BCUT2D eigenvalue weighted by Gasteiger charge is 2.79. The summed E-state index contributed by atoms with van der Waals surface area (Å²) in [6.45, 7) is -0.264. The molecule has 2 saturated carbocycles. The zero-order chi connectivity index (χ0) is 15.7. The van der Waals surface area contributed by atoms with Gasteiger partial charge in [-0.25, -0.2) is 0 Å². The Balaban J connectivity index is 1.33. The van der Waals surface area contributed by atoms with E-state index in [1.807, 2.05) is 0 Å². The zero-order valence-corrected chi connectivity index (χ0v) is 12.0. The van der Waals surface area contributed by atoms with Crippen molar-refractivity contribution in [2.24, 2.45) is 11.3 Å². The Kier molecular flexibility index (Phi) is 3.44. The van der Waals surface area contributed by atoms with Crippen LogP contribution in [0.15, 0.2) is 0 Å². The van der Waals surface area contributed by atoms with Gasteiger partial charge in [0.15, 0.2) is 0 Å². The maximum absolute atomic E-state index is 10.5. The summed E-state index contributed by atoms with van der Waals surface area (Å²) in [6.07, 6.45) is -2.17. The van der Waals surface area contributed by atoms with Crippen LogP contribution in [0.25, 0.3) is 0 Å². The molecule has 0 aromatic rings. The SMILES string of the molecule is [B][C@@H]1O[C@@]2(CO[B][C@@H]3O[C@H](CO)[C@H](O)[C@H]3O)CC3C[C@]31[C@@H]2O. The molecule has 9 heteroatoms. The molecule has 2 heterocycles. The first kappa shape index (κ1) is 15.4. The number of ether oxygens (including phenoxy) is 2. The topological polar surface area (TPSA) is 109 Å². The quantitative estimate of drug-likeness (QED) is 0.403. The van der Waals surface area contributed by atoms with Crippen molar-refractivity contribution >= 4 is 15.3 Å². The maximum atomic E-state index is 10.5. The molecule has 1 spiro atoms. The summed E-state index contributed by atoms with van der Waals surface area (Å²) in [7, 11) is 7.25. The predicted molar refractivity (Wildman–Crippen MR) is 74.0 cm³/mol.